The molecule has 1 amide bonds. The number of piperidine rings is 1. The number of likely N-dealkylation sites (N-methyl/N-ethyl adjacent to an activating group) is 1. The Bertz CT molecular complexity index is 766. The van der Waals surface area contributed by atoms with Crippen molar-refractivity contribution in [3.05, 3.63) is 29.8 Å². The number of carbonyl (C=O) groups excluding carboxylic acids is 1. The van der Waals surface area contributed by atoms with E-state index in [2.05, 4.69) is 17.0 Å². The van der Waals surface area contributed by atoms with Gasteiger partial charge in [-0.3, -0.25) is 4.79 Å². The zero-order valence-corrected chi connectivity index (χ0v) is 18.4. The Kier molecular flexibility index (Phi) is 7.54. The molecule has 0 aromatic heterocycles. The van der Waals surface area contributed by atoms with Crippen LogP contribution < -0.4 is 4.74 Å². The minimum absolute atomic E-state index is 0.252. The minimum atomic E-state index is -3.52. The van der Waals surface area contributed by atoms with Gasteiger partial charge in [-0.15, -0.1) is 0 Å². The maximum atomic E-state index is 12.6. The van der Waals surface area contributed by atoms with Crippen LogP contribution in [0.2, 0.25) is 0 Å². The Labute approximate surface area is 174 Å². The van der Waals surface area contributed by atoms with E-state index in [1.165, 1.54) is 9.87 Å². The van der Waals surface area contributed by atoms with Crippen molar-refractivity contribution >= 4 is 15.9 Å². The van der Waals surface area contributed by atoms with Gasteiger partial charge >= 0.3 is 0 Å². The third-order valence-electron chi connectivity index (χ3n) is 6.13. The van der Waals surface area contributed by atoms with Gasteiger partial charge in [-0.25, -0.2) is 8.42 Å². The van der Waals surface area contributed by atoms with Crippen molar-refractivity contribution in [1.29, 1.82) is 0 Å². The molecule has 29 heavy (non-hydrogen) atoms. The molecule has 0 atom stereocenters. The minimum Gasteiger partial charge on any atom is -0.497 e. The molecule has 1 aromatic rings. The summed E-state index contributed by atoms with van der Waals surface area (Å²) in [6.07, 6.45) is 3.99. The van der Waals surface area contributed by atoms with Crippen LogP contribution in [-0.2, 0) is 21.2 Å². The highest BCUT2D eigenvalue weighted by Gasteiger charge is 2.31. The van der Waals surface area contributed by atoms with Crippen LogP contribution in [0.5, 0.6) is 5.75 Å². The fourth-order valence-electron chi connectivity index (χ4n) is 4.04. The van der Waals surface area contributed by atoms with E-state index in [1.807, 2.05) is 19.2 Å². The lowest BCUT2D eigenvalue weighted by Crippen LogP contribution is -2.50. The number of benzene rings is 1. The molecule has 0 radical (unpaired) electrons. The highest BCUT2D eigenvalue weighted by Crippen LogP contribution is 2.23. The van der Waals surface area contributed by atoms with E-state index >= 15 is 0 Å². The summed E-state index contributed by atoms with van der Waals surface area (Å²) >= 11 is 0. The molecule has 8 heteroatoms. The molecule has 0 bridgehead atoms. The van der Waals surface area contributed by atoms with Gasteiger partial charge in [-0.05, 0) is 56.3 Å². The van der Waals surface area contributed by atoms with Crippen LogP contribution in [0.25, 0.3) is 0 Å². The molecule has 2 aliphatic rings. The number of methoxy groups -OCH3 is 1. The Morgan fingerprint density at radius 3 is 2.24 bits per heavy atom. The molecule has 3 rings (SSSR count). The van der Waals surface area contributed by atoms with Crippen molar-refractivity contribution < 1.29 is 17.9 Å². The number of ether oxygens (including phenoxy) is 1. The van der Waals surface area contributed by atoms with Gasteiger partial charge in [0.25, 0.3) is 0 Å². The molecular weight excluding hydrogens is 390 g/mol. The molecule has 2 saturated heterocycles. The van der Waals surface area contributed by atoms with Crippen molar-refractivity contribution in [2.24, 2.45) is 5.92 Å². The van der Waals surface area contributed by atoms with Crippen molar-refractivity contribution in [2.45, 2.75) is 25.7 Å². The number of rotatable bonds is 7. The number of nitrogens with zero attached hydrogens (tertiary/aromatic N) is 3. The van der Waals surface area contributed by atoms with E-state index in [-0.39, 0.29) is 5.91 Å². The van der Waals surface area contributed by atoms with E-state index in [4.69, 9.17) is 4.74 Å². The maximum absolute atomic E-state index is 12.6. The maximum Gasteiger partial charge on any atom is 0.239 e. The lowest BCUT2D eigenvalue weighted by Gasteiger charge is -2.34. The Hall–Kier alpha value is -1.64. The number of carbonyl (C=O) groups is 1. The highest BCUT2D eigenvalue weighted by molar-refractivity contribution is 7.89. The predicted molar refractivity (Wildman–Crippen MR) is 113 cm³/mol. The van der Waals surface area contributed by atoms with E-state index in [0.717, 1.165) is 31.4 Å². The van der Waals surface area contributed by atoms with Crippen LogP contribution in [0.1, 0.15) is 24.8 Å². The van der Waals surface area contributed by atoms with Gasteiger partial charge in [0.1, 0.15) is 11.5 Å². The third kappa shape index (κ3) is 6.17. The number of likely N-dealkylation sites (tertiary alicyclic amines) is 1. The second-order valence-electron chi connectivity index (χ2n) is 8.17. The van der Waals surface area contributed by atoms with E-state index in [1.54, 1.807) is 12.0 Å². The Morgan fingerprint density at radius 2 is 1.66 bits per heavy atom. The molecule has 2 aliphatic heterocycles. The predicted octanol–water partition coefficient (Wildman–Crippen LogP) is 1.44. The lowest BCUT2D eigenvalue weighted by atomic mass is 9.90. The zero-order valence-electron chi connectivity index (χ0n) is 17.5. The number of sulfonamides is 1. The first-order valence-electron chi connectivity index (χ1n) is 10.4. The third-order valence-corrected chi connectivity index (χ3v) is 7.89. The summed E-state index contributed by atoms with van der Waals surface area (Å²) in [5.41, 5.74) is 1.29. The first kappa shape index (κ1) is 22.1. The number of amides is 1. The van der Waals surface area contributed by atoms with E-state index in [0.29, 0.717) is 45.2 Å². The molecule has 1 aromatic carbocycles. The second kappa shape index (κ2) is 9.91. The zero-order chi connectivity index (χ0) is 20.9. The fourth-order valence-corrected chi connectivity index (χ4v) is 5.44. The standard InChI is InChI=1S/C21H33N3O4S/c1-22-13-15-24(16-14-22)29(26,27)17-21(25)23-11-9-19(10-12-23)4-3-18-5-7-20(28-2)8-6-18/h5-8,19H,3-4,9-17H2,1-2H3. The van der Waals surface area contributed by atoms with Gasteiger partial charge in [-0.1, -0.05) is 12.1 Å². The Morgan fingerprint density at radius 1 is 1.03 bits per heavy atom. The van der Waals surface area contributed by atoms with Gasteiger partial charge < -0.3 is 14.5 Å². The quantitative estimate of drug-likeness (QED) is 0.664. The molecule has 0 saturated carbocycles. The van der Waals surface area contributed by atoms with Gasteiger partial charge in [0, 0.05) is 39.3 Å². The monoisotopic (exact) mass is 423 g/mol. The molecule has 0 N–H and O–H groups in total. The number of piperazine rings is 1. The number of hydrogen-bond donors (Lipinski definition) is 0. The van der Waals surface area contributed by atoms with Crippen molar-refractivity contribution in [3.63, 3.8) is 0 Å². The number of aryl methyl sites for hydroxylation is 1. The molecule has 0 spiro atoms. The van der Waals surface area contributed by atoms with Gasteiger partial charge in [-0.2, -0.15) is 4.31 Å². The molecule has 0 aliphatic carbocycles. The molecule has 7 nitrogen and oxygen atoms in total. The second-order valence-corrected chi connectivity index (χ2v) is 10.1. The first-order chi connectivity index (χ1) is 13.9. The summed E-state index contributed by atoms with van der Waals surface area (Å²) < 4.78 is 31.8. The molecule has 2 fully saturated rings. The number of hydrogen-bond acceptors (Lipinski definition) is 5. The average Bonchev–Trinajstić information content (AvgIpc) is 2.73. The summed E-state index contributed by atoms with van der Waals surface area (Å²) in [6, 6.07) is 8.16. The van der Waals surface area contributed by atoms with E-state index in [9.17, 15) is 13.2 Å². The summed E-state index contributed by atoms with van der Waals surface area (Å²) in [5, 5.41) is 0. The van der Waals surface area contributed by atoms with Crippen LogP contribution >= 0.6 is 0 Å². The van der Waals surface area contributed by atoms with Crippen molar-refractivity contribution in [3.8, 4) is 5.75 Å². The molecular formula is C21H33N3O4S. The van der Waals surface area contributed by atoms with Crippen LogP contribution in [-0.4, -0.2) is 87.6 Å². The molecule has 0 unspecified atom stereocenters. The van der Waals surface area contributed by atoms with Gasteiger partial charge in [0.05, 0.1) is 7.11 Å². The van der Waals surface area contributed by atoms with Gasteiger partial charge in [0.2, 0.25) is 15.9 Å². The van der Waals surface area contributed by atoms with Crippen LogP contribution in [0.4, 0.5) is 0 Å². The van der Waals surface area contributed by atoms with E-state index < -0.39 is 15.8 Å². The Balaban J connectivity index is 1.41. The molecule has 2 heterocycles. The van der Waals surface area contributed by atoms with Crippen molar-refractivity contribution in [2.75, 3.05) is 59.2 Å². The summed E-state index contributed by atoms with van der Waals surface area (Å²) in [7, 11) is 0.132. The normalized spacial score (nSPS) is 20.0. The van der Waals surface area contributed by atoms with Crippen LogP contribution in [0.15, 0.2) is 24.3 Å². The topological polar surface area (TPSA) is 70.2 Å². The molecule has 162 valence electrons. The average molecular weight is 424 g/mol. The van der Waals surface area contributed by atoms with Crippen LogP contribution in [0, 0.1) is 5.92 Å². The fraction of sp³-hybridized carbons (Fsp3) is 0.667. The highest BCUT2D eigenvalue weighted by atomic mass is 32.2. The summed E-state index contributed by atoms with van der Waals surface area (Å²) in [6.45, 7) is 3.69. The summed E-state index contributed by atoms with van der Waals surface area (Å²) in [5.74, 6) is 0.799. The summed E-state index contributed by atoms with van der Waals surface area (Å²) in [4.78, 5) is 16.4. The largest absolute Gasteiger partial charge is 0.497 e. The van der Waals surface area contributed by atoms with Crippen molar-refractivity contribution in [1.82, 2.24) is 14.1 Å². The first-order valence-corrected chi connectivity index (χ1v) is 12.1. The van der Waals surface area contributed by atoms with Gasteiger partial charge in [0.15, 0.2) is 0 Å². The lowest BCUT2D eigenvalue weighted by molar-refractivity contribution is -0.129. The SMILES string of the molecule is COc1ccc(CCC2CCN(C(=O)CS(=O)(=O)N3CCN(C)CC3)CC2)cc1. The van der Waals surface area contributed by atoms with Crippen LogP contribution in [0.3, 0.4) is 0 Å². The smallest absolute Gasteiger partial charge is 0.239 e.